The highest BCUT2D eigenvalue weighted by Gasteiger charge is 2.20. The van der Waals surface area contributed by atoms with Crippen LogP contribution in [0.15, 0.2) is 46.3 Å². The van der Waals surface area contributed by atoms with Crippen LogP contribution in [0.3, 0.4) is 0 Å². The highest BCUT2D eigenvalue weighted by atomic mass is 32.2. The maximum atomic E-state index is 12.5. The Bertz CT molecular complexity index is 1030. The zero-order valence-electron chi connectivity index (χ0n) is 16.9. The third kappa shape index (κ3) is 3.72. The first kappa shape index (κ1) is 19.2. The summed E-state index contributed by atoms with van der Waals surface area (Å²) >= 11 is 1.85. The van der Waals surface area contributed by atoms with E-state index in [-0.39, 0.29) is 5.56 Å². The number of fused-ring (bicyclic) bond motifs is 1. The quantitative estimate of drug-likeness (QED) is 0.550. The molecule has 1 saturated carbocycles. The second kappa shape index (κ2) is 8.08. The van der Waals surface area contributed by atoms with Crippen LogP contribution in [0.5, 0.6) is 0 Å². The van der Waals surface area contributed by atoms with Crippen molar-refractivity contribution in [2.75, 3.05) is 11.1 Å². The molecule has 0 radical (unpaired) electrons. The first-order valence-electron chi connectivity index (χ1n) is 10.3. The van der Waals surface area contributed by atoms with E-state index in [1.165, 1.54) is 41.8 Å². The molecule has 0 atom stereocenters. The summed E-state index contributed by atoms with van der Waals surface area (Å²) in [6, 6.07) is 9.23. The van der Waals surface area contributed by atoms with Crippen LogP contribution in [0.2, 0.25) is 0 Å². The fourth-order valence-corrected chi connectivity index (χ4v) is 4.94. The summed E-state index contributed by atoms with van der Waals surface area (Å²) in [6.45, 7) is 4.53. The second-order valence-corrected chi connectivity index (χ2v) is 9.30. The van der Waals surface area contributed by atoms with Crippen molar-refractivity contribution >= 4 is 28.4 Å². The van der Waals surface area contributed by atoms with E-state index in [4.69, 9.17) is 0 Å². The van der Waals surface area contributed by atoms with Gasteiger partial charge < -0.3 is 14.9 Å². The van der Waals surface area contributed by atoms with Crippen molar-refractivity contribution in [2.24, 2.45) is 13.0 Å². The summed E-state index contributed by atoms with van der Waals surface area (Å²) in [4.78, 5) is 16.9. The number of nitrogens with zero attached hydrogens (tertiary/aromatic N) is 1. The molecule has 2 heterocycles. The van der Waals surface area contributed by atoms with E-state index in [1.54, 1.807) is 4.57 Å². The summed E-state index contributed by atoms with van der Waals surface area (Å²) in [6.07, 6.45) is 8.85. The molecule has 1 aliphatic carbocycles. The lowest BCUT2D eigenvalue weighted by molar-refractivity contribution is 0.361. The topological polar surface area (TPSA) is 49.8 Å². The average molecular weight is 396 g/mol. The van der Waals surface area contributed by atoms with E-state index in [1.807, 2.05) is 37.3 Å². The fourth-order valence-electron chi connectivity index (χ4n) is 4.24. The monoisotopic (exact) mass is 395 g/mol. The van der Waals surface area contributed by atoms with Gasteiger partial charge in [-0.15, -0.1) is 11.8 Å². The lowest BCUT2D eigenvalue weighted by atomic mass is 9.87. The van der Waals surface area contributed by atoms with E-state index in [2.05, 4.69) is 42.3 Å². The van der Waals surface area contributed by atoms with Gasteiger partial charge in [0.25, 0.3) is 5.56 Å². The molecule has 148 valence electrons. The average Bonchev–Trinajstić information content (AvgIpc) is 3.18. The Balaban J connectivity index is 1.80. The predicted octanol–water partition coefficient (Wildman–Crippen LogP) is 5.64. The minimum absolute atomic E-state index is 0.0126. The van der Waals surface area contributed by atoms with Gasteiger partial charge in [-0.1, -0.05) is 13.8 Å². The summed E-state index contributed by atoms with van der Waals surface area (Å²) in [5.74, 6) is 1.88. The number of aromatic amines is 1. The molecule has 0 unspecified atom stereocenters. The van der Waals surface area contributed by atoms with E-state index in [0.29, 0.717) is 11.6 Å². The van der Waals surface area contributed by atoms with Crippen molar-refractivity contribution in [3.63, 3.8) is 0 Å². The number of anilines is 1. The van der Waals surface area contributed by atoms with Gasteiger partial charge in [-0.05, 0) is 61.6 Å². The molecule has 2 N–H and O–H groups in total. The number of pyridine rings is 1. The summed E-state index contributed by atoms with van der Waals surface area (Å²) < 4.78 is 1.68. The smallest absolute Gasteiger partial charge is 0.274 e. The van der Waals surface area contributed by atoms with Gasteiger partial charge in [0.05, 0.1) is 0 Å². The van der Waals surface area contributed by atoms with Gasteiger partial charge in [0.15, 0.2) is 0 Å². The number of aromatic nitrogens is 2. The number of H-pyrrole nitrogens is 1. The van der Waals surface area contributed by atoms with Gasteiger partial charge in [0, 0.05) is 52.6 Å². The molecule has 0 bridgehead atoms. The Labute approximate surface area is 170 Å². The van der Waals surface area contributed by atoms with Crippen LogP contribution >= 0.6 is 11.8 Å². The lowest BCUT2D eigenvalue weighted by Gasteiger charge is -2.29. The number of hydrogen-bond acceptors (Lipinski definition) is 3. The third-order valence-electron chi connectivity index (χ3n) is 5.86. The van der Waals surface area contributed by atoms with E-state index in [0.717, 1.165) is 22.6 Å². The molecular weight excluding hydrogens is 366 g/mol. The predicted molar refractivity (Wildman–Crippen MR) is 120 cm³/mol. The van der Waals surface area contributed by atoms with Crippen molar-refractivity contribution in [3.8, 4) is 11.1 Å². The van der Waals surface area contributed by atoms with Gasteiger partial charge >= 0.3 is 0 Å². The highest BCUT2D eigenvalue weighted by Crippen LogP contribution is 2.37. The normalized spacial score (nSPS) is 19.8. The van der Waals surface area contributed by atoms with E-state index < -0.39 is 0 Å². The molecule has 0 aliphatic heterocycles. The van der Waals surface area contributed by atoms with Crippen LogP contribution in [0.25, 0.3) is 22.0 Å². The molecule has 4 nitrogen and oxygen atoms in total. The molecule has 2 aromatic heterocycles. The molecule has 1 fully saturated rings. The highest BCUT2D eigenvalue weighted by molar-refractivity contribution is 7.99. The SMILES string of the molecule is CCSc1ccc(NC2CCC(C)CC2)c(-c2cn(C)c(=O)c3[nH]ccc23)c1. The number of nitrogens with one attached hydrogen (secondary N) is 2. The molecule has 3 aromatic rings. The van der Waals surface area contributed by atoms with Crippen LogP contribution in [0, 0.1) is 5.92 Å². The Morgan fingerprint density at radius 2 is 1.96 bits per heavy atom. The minimum Gasteiger partial charge on any atom is -0.382 e. The van der Waals surface area contributed by atoms with Crippen LogP contribution < -0.4 is 10.9 Å². The van der Waals surface area contributed by atoms with Crippen molar-refractivity contribution in [1.82, 2.24) is 9.55 Å². The second-order valence-electron chi connectivity index (χ2n) is 7.97. The van der Waals surface area contributed by atoms with Crippen molar-refractivity contribution in [2.45, 2.75) is 50.5 Å². The van der Waals surface area contributed by atoms with Gasteiger partial charge in [0.2, 0.25) is 0 Å². The molecule has 0 spiro atoms. The van der Waals surface area contributed by atoms with Crippen LogP contribution in [-0.4, -0.2) is 21.3 Å². The molecule has 1 aliphatic rings. The Morgan fingerprint density at radius 3 is 2.71 bits per heavy atom. The Kier molecular flexibility index (Phi) is 5.54. The van der Waals surface area contributed by atoms with Gasteiger partial charge in [-0.2, -0.15) is 0 Å². The first-order valence-corrected chi connectivity index (χ1v) is 11.3. The minimum atomic E-state index is 0.0126. The Morgan fingerprint density at radius 1 is 1.18 bits per heavy atom. The lowest BCUT2D eigenvalue weighted by Crippen LogP contribution is -2.25. The number of benzene rings is 1. The molecular formula is C23H29N3OS. The van der Waals surface area contributed by atoms with Crippen LogP contribution in [-0.2, 0) is 7.05 Å². The number of thioether (sulfide) groups is 1. The molecule has 4 rings (SSSR count). The first-order chi connectivity index (χ1) is 13.6. The summed E-state index contributed by atoms with van der Waals surface area (Å²) in [5.41, 5.74) is 4.13. The standard InChI is InChI=1S/C23H29N3OS/c1-4-28-17-9-10-21(25-16-7-5-15(2)6-8-16)19(13-17)20-14-26(3)23(27)22-18(20)11-12-24-22/h9-16,24-25H,4-8H2,1-3H3. The fraction of sp³-hybridized carbons (Fsp3) is 0.435. The van der Waals surface area contributed by atoms with Gasteiger partial charge in [-0.3, -0.25) is 4.79 Å². The molecule has 1 aromatic carbocycles. The zero-order valence-corrected chi connectivity index (χ0v) is 17.7. The molecule has 28 heavy (non-hydrogen) atoms. The van der Waals surface area contributed by atoms with E-state index in [9.17, 15) is 4.79 Å². The molecule has 5 heteroatoms. The third-order valence-corrected chi connectivity index (χ3v) is 6.74. The molecule has 0 amide bonds. The van der Waals surface area contributed by atoms with Crippen LogP contribution in [0.1, 0.15) is 39.5 Å². The maximum Gasteiger partial charge on any atom is 0.274 e. The number of rotatable bonds is 5. The van der Waals surface area contributed by atoms with Gasteiger partial charge in [0.1, 0.15) is 5.52 Å². The number of aryl methyl sites for hydroxylation is 1. The maximum absolute atomic E-state index is 12.5. The zero-order chi connectivity index (χ0) is 19.7. The van der Waals surface area contributed by atoms with Crippen molar-refractivity contribution in [1.29, 1.82) is 0 Å². The largest absolute Gasteiger partial charge is 0.382 e. The number of hydrogen-bond donors (Lipinski definition) is 2. The molecule has 0 saturated heterocycles. The summed E-state index contributed by atoms with van der Waals surface area (Å²) in [7, 11) is 1.83. The van der Waals surface area contributed by atoms with E-state index >= 15 is 0 Å². The van der Waals surface area contributed by atoms with Crippen LogP contribution in [0.4, 0.5) is 5.69 Å². The Hall–Kier alpha value is -2.14. The van der Waals surface area contributed by atoms with Gasteiger partial charge in [-0.25, -0.2) is 0 Å². The van der Waals surface area contributed by atoms with Crippen molar-refractivity contribution in [3.05, 3.63) is 47.0 Å². The van der Waals surface area contributed by atoms with Crippen molar-refractivity contribution < 1.29 is 0 Å². The summed E-state index contributed by atoms with van der Waals surface area (Å²) in [5, 5.41) is 4.81.